The third-order valence-electron chi connectivity index (χ3n) is 6.47. The van der Waals surface area contributed by atoms with Gasteiger partial charge in [-0.2, -0.15) is 65.4 Å². The van der Waals surface area contributed by atoms with Crippen molar-refractivity contribution in [3.63, 3.8) is 0 Å². The van der Waals surface area contributed by atoms with E-state index in [9.17, 15) is 0 Å². The van der Waals surface area contributed by atoms with Crippen LogP contribution >= 0.6 is 0 Å². The van der Waals surface area contributed by atoms with Crippen molar-refractivity contribution in [2.75, 3.05) is 0 Å². The fourth-order valence-corrected chi connectivity index (χ4v) is 3.56. The minimum absolute atomic E-state index is 0. The van der Waals surface area contributed by atoms with Gasteiger partial charge >= 0.3 is 34.1 Å². The third-order valence-corrected chi connectivity index (χ3v) is 7.32. The van der Waals surface area contributed by atoms with Crippen LogP contribution in [0.5, 0.6) is 0 Å². The van der Waals surface area contributed by atoms with Crippen LogP contribution in [0, 0.1) is 80.3 Å². The molecular weight excluding hydrogens is 516 g/mol. The van der Waals surface area contributed by atoms with E-state index in [0.717, 1.165) is 9.79 Å². The number of benzene rings is 1. The molecule has 0 amide bonds. The first kappa shape index (κ1) is 35.6. The third kappa shape index (κ3) is 9.09. The minimum atomic E-state index is 0. The van der Waals surface area contributed by atoms with E-state index < -0.39 is 0 Å². The minimum Gasteiger partial charge on any atom is -0.781 e. The molecule has 0 bridgehead atoms. The molecule has 0 aliphatic heterocycles. The monoisotopic (exact) mass is 552 g/mol. The molecule has 3 aromatic rings. The van der Waals surface area contributed by atoms with E-state index in [-0.39, 0.29) is 34.1 Å². The molecule has 0 saturated heterocycles. The topological polar surface area (TPSA) is 47.7 Å². The number of hydrogen-bond acceptors (Lipinski definition) is 4. The maximum atomic E-state index is 5.00. The van der Waals surface area contributed by atoms with Crippen molar-refractivity contribution in [1.29, 1.82) is 11.1 Å². The van der Waals surface area contributed by atoms with Crippen LogP contribution in [0.4, 0.5) is 0 Å². The molecule has 0 aromatic heterocycles. The van der Waals surface area contributed by atoms with Gasteiger partial charge in [0.15, 0.2) is 0 Å². The predicted octanol–water partition coefficient (Wildman–Crippen LogP) is 7.98. The second-order valence-electron chi connectivity index (χ2n) is 7.70. The van der Waals surface area contributed by atoms with Crippen LogP contribution < -0.4 is 0 Å². The van der Waals surface area contributed by atoms with Gasteiger partial charge < -0.3 is 25.3 Å². The van der Waals surface area contributed by atoms with E-state index in [0.29, 0.717) is 0 Å². The van der Waals surface area contributed by atoms with Crippen molar-refractivity contribution in [2.45, 2.75) is 79.0 Å². The zero-order chi connectivity index (χ0) is 23.8. The first-order valence-electron chi connectivity index (χ1n) is 9.99. The van der Waals surface area contributed by atoms with E-state index in [1.165, 1.54) is 55.6 Å². The molecule has 0 radical (unpaired) electrons. The van der Waals surface area contributed by atoms with Crippen molar-refractivity contribution in [3.8, 4) is 0 Å². The van der Waals surface area contributed by atoms with Crippen LogP contribution in [-0.4, -0.2) is 0 Å². The Bertz CT molecular complexity index is 735. The van der Waals surface area contributed by atoms with E-state index in [1.807, 2.05) is 24.3 Å². The largest absolute Gasteiger partial charge is 2.00 e. The van der Waals surface area contributed by atoms with E-state index in [1.54, 1.807) is 0 Å². The fourth-order valence-electron chi connectivity index (χ4n) is 3.26. The summed E-state index contributed by atoms with van der Waals surface area (Å²) in [6.07, 6.45) is 0. The van der Waals surface area contributed by atoms with Crippen molar-refractivity contribution in [3.05, 3.63) is 79.9 Å². The van der Waals surface area contributed by atoms with Crippen LogP contribution in [0.25, 0.3) is 0 Å². The van der Waals surface area contributed by atoms with Crippen LogP contribution in [-0.2, 0) is 59.4 Å². The Morgan fingerprint density at radius 1 is 0.531 bits per heavy atom. The van der Waals surface area contributed by atoms with Crippen molar-refractivity contribution < 1.29 is 34.1 Å². The molecule has 0 spiro atoms. The van der Waals surface area contributed by atoms with Crippen molar-refractivity contribution in [1.82, 2.24) is 0 Å². The summed E-state index contributed by atoms with van der Waals surface area (Å²) in [5, 5.41) is 0. The first-order chi connectivity index (χ1) is 13.9. The summed E-state index contributed by atoms with van der Waals surface area (Å²) in [4.78, 5) is 1.53. The Balaban J connectivity index is -0.000000370. The number of nitrogens with one attached hydrogen (secondary N) is 2. The second kappa shape index (κ2) is 16.6. The molecular formula is C26H36Fe2N2S2. The average Bonchev–Trinajstić information content (AvgIpc) is 3.02. The Kier molecular flexibility index (Phi) is 18.4. The van der Waals surface area contributed by atoms with E-state index in [2.05, 4.69) is 69.2 Å². The fraction of sp³-hybridized carbons (Fsp3) is 0.385. The molecule has 178 valence electrons. The molecule has 0 aliphatic carbocycles. The molecule has 6 heteroatoms. The number of rotatable bonds is 0. The Labute approximate surface area is 228 Å². The molecule has 3 rings (SSSR count). The molecule has 0 fully saturated rings. The average molecular weight is 552 g/mol. The SMILES string of the molecule is Cc1c(C)c(C)[c-](C)c1C.Cc1c(C)c(C)[c-](C)c1C.N=N.[Fe+2].[Fe+2].[S-]c1ccccc1[S-]. The first-order valence-corrected chi connectivity index (χ1v) is 10.8. The standard InChI is InChI=1S/2C10H15.C6H6S2.2Fe.H2N2/c2*1-6-7(2)9(4)10(5)8(6)3;7-5-3-1-2-4-6(5)8;;;1-2/h2*1-5H3;1-4,7-8H;;;1-2H/q2*-1;;2*+2;/p-2. The summed E-state index contributed by atoms with van der Waals surface area (Å²) in [6.45, 7) is 22.0. The molecule has 32 heavy (non-hydrogen) atoms. The molecule has 0 unspecified atom stereocenters. The summed E-state index contributed by atoms with van der Waals surface area (Å²) in [6, 6.07) is 7.44. The van der Waals surface area contributed by atoms with E-state index >= 15 is 0 Å². The number of hydrogen-bond donors (Lipinski definition) is 2. The van der Waals surface area contributed by atoms with Gasteiger partial charge in [-0.3, -0.25) is 0 Å². The Morgan fingerprint density at radius 2 is 0.719 bits per heavy atom. The van der Waals surface area contributed by atoms with Gasteiger partial charge in [0.05, 0.1) is 0 Å². The molecule has 0 saturated carbocycles. The van der Waals surface area contributed by atoms with Gasteiger partial charge in [-0.25, -0.2) is 11.1 Å². The molecule has 0 atom stereocenters. The zero-order valence-electron chi connectivity index (χ0n) is 20.8. The molecule has 2 nitrogen and oxygen atoms in total. The quantitative estimate of drug-likeness (QED) is 0.129. The van der Waals surface area contributed by atoms with Crippen LogP contribution in [0.1, 0.15) is 55.6 Å². The normalized spacial score (nSPS) is 8.94. The summed E-state index contributed by atoms with van der Waals surface area (Å²) in [7, 11) is 0. The second-order valence-corrected chi connectivity index (χ2v) is 8.58. The summed E-state index contributed by atoms with van der Waals surface area (Å²) < 4.78 is 0. The predicted molar refractivity (Wildman–Crippen MR) is 135 cm³/mol. The van der Waals surface area contributed by atoms with Gasteiger partial charge in [0, 0.05) is 0 Å². The molecule has 3 aromatic carbocycles. The zero-order valence-corrected chi connectivity index (χ0v) is 24.7. The molecule has 2 N–H and O–H groups in total. The molecule has 0 heterocycles. The van der Waals surface area contributed by atoms with Gasteiger partial charge in [0.25, 0.3) is 0 Å². The van der Waals surface area contributed by atoms with Crippen molar-refractivity contribution >= 4 is 25.3 Å². The van der Waals surface area contributed by atoms with Gasteiger partial charge in [0.2, 0.25) is 0 Å². The van der Waals surface area contributed by atoms with Crippen LogP contribution in [0.15, 0.2) is 34.1 Å². The Morgan fingerprint density at radius 3 is 0.812 bits per heavy atom. The maximum absolute atomic E-state index is 5.00. The van der Waals surface area contributed by atoms with Gasteiger partial charge in [-0.1, -0.05) is 93.5 Å². The van der Waals surface area contributed by atoms with Crippen LogP contribution in [0.2, 0.25) is 0 Å². The van der Waals surface area contributed by atoms with Gasteiger partial charge in [-0.05, 0) is 0 Å². The summed E-state index contributed by atoms with van der Waals surface area (Å²) >= 11 is 9.70. The smallest absolute Gasteiger partial charge is 0.781 e. The Hall–Kier alpha value is -1.00. The summed E-state index contributed by atoms with van der Waals surface area (Å²) in [5.41, 5.74) is 24.7. The maximum Gasteiger partial charge on any atom is 2.00 e. The van der Waals surface area contributed by atoms with E-state index in [4.69, 9.17) is 36.3 Å². The van der Waals surface area contributed by atoms with Gasteiger partial charge in [0.1, 0.15) is 0 Å². The van der Waals surface area contributed by atoms with Crippen molar-refractivity contribution in [2.24, 2.45) is 0 Å². The van der Waals surface area contributed by atoms with Gasteiger partial charge in [-0.15, -0.1) is 0 Å². The van der Waals surface area contributed by atoms with Crippen LogP contribution in [0.3, 0.4) is 0 Å². The molecule has 0 aliphatic rings. The summed E-state index contributed by atoms with van der Waals surface area (Å²) in [5.74, 6) is 0.